The highest BCUT2D eigenvalue weighted by Gasteiger charge is 2.24. The van der Waals surface area contributed by atoms with E-state index in [9.17, 15) is 4.79 Å². The maximum absolute atomic E-state index is 12.7. The molecular formula is C19H21N5O2. The standard InChI is InChI=1S/C19H21N5O2/c1-23-13-14(12-21-23)17-6-11-26-18(17)19(25)22-15-4-9-24(10-5-15)16-2-7-20-8-3-16/h2-3,6-8,11-13,15H,4-5,9-10H2,1H3,(H,22,25). The molecule has 1 amide bonds. The monoisotopic (exact) mass is 351 g/mol. The van der Waals surface area contributed by atoms with Gasteiger partial charge >= 0.3 is 0 Å². The number of aromatic nitrogens is 3. The zero-order valence-corrected chi connectivity index (χ0v) is 14.6. The van der Waals surface area contributed by atoms with Crippen LogP contribution in [0.3, 0.4) is 0 Å². The van der Waals surface area contributed by atoms with Crippen LogP contribution in [-0.2, 0) is 7.05 Å². The number of carbonyl (C=O) groups is 1. The van der Waals surface area contributed by atoms with Gasteiger partial charge in [0.05, 0.1) is 12.5 Å². The number of nitrogens with one attached hydrogen (secondary N) is 1. The average Bonchev–Trinajstić information content (AvgIpc) is 3.32. The lowest BCUT2D eigenvalue weighted by atomic mass is 10.0. The van der Waals surface area contributed by atoms with E-state index >= 15 is 0 Å². The Morgan fingerprint density at radius 1 is 1.23 bits per heavy atom. The molecular weight excluding hydrogens is 330 g/mol. The van der Waals surface area contributed by atoms with Gasteiger partial charge in [-0.15, -0.1) is 0 Å². The van der Waals surface area contributed by atoms with Crippen molar-refractivity contribution in [3.05, 3.63) is 55.0 Å². The Labute approximate surface area is 151 Å². The number of pyridine rings is 1. The number of hydrogen-bond donors (Lipinski definition) is 1. The van der Waals surface area contributed by atoms with Crippen molar-refractivity contribution in [3.63, 3.8) is 0 Å². The van der Waals surface area contributed by atoms with Crippen LogP contribution in [0, 0.1) is 0 Å². The first kappa shape index (κ1) is 16.4. The second kappa shape index (κ2) is 7.03. The van der Waals surface area contributed by atoms with Gasteiger partial charge in [-0.1, -0.05) is 0 Å². The van der Waals surface area contributed by atoms with Gasteiger partial charge in [0, 0.05) is 61.6 Å². The van der Waals surface area contributed by atoms with Gasteiger partial charge < -0.3 is 14.6 Å². The van der Waals surface area contributed by atoms with Crippen LogP contribution in [-0.4, -0.2) is 39.8 Å². The van der Waals surface area contributed by atoms with E-state index in [0.717, 1.165) is 37.1 Å². The fourth-order valence-electron chi connectivity index (χ4n) is 3.36. The number of carbonyl (C=O) groups excluding carboxylic acids is 1. The highest BCUT2D eigenvalue weighted by Crippen LogP contribution is 2.25. The minimum absolute atomic E-state index is 0.146. The molecule has 0 radical (unpaired) electrons. The van der Waals surface area contributed by atoms with Crippen molar-refractivity contribution >= 4 is 11.6 Å². The molecule has 0 aliphatic carbocycles. The fraction of sp³-hybridized carbons (Fsp3) is 0.316. The number of rotatable bonds is 4. The number of amides is 1. The molecule has 4 heterocycles. The number of nitrogens with zero attached hydrogens (tertiary/aromatic N) is 4. The second-order valence-corrected chi connectivity index (χ2v) is 6.51. The number of hydrogen-bond acceptors (Lipinski definition) is 5. The van der Waals surface area contributed by atoms with E-state index in [1.165, 1.54) is 5.69 Å². The molecule has 3 aromatic rings. The van der Waals surface area contributed by atoms with Gasteiger partial charge in [0.15, 0.2) is 5.76 Å². The fourth-order valence-corrected chi connectivity index (χ4v) is 3.36. The number of furan rings is 1. The lowest BCUT2D eigenvalue weighted by Gasteiger charge is -2.33. The Hall–Kier alpha value is -3.09. The Balaban J connectivity index is 1.39. The summed E-state index contributed by atoms with van der Waals surface area (Å²) < 4.78 is 7.16. The highest BCUT2D eigenvalue weighted by atomic mass is 16.3. The minimum Gasteiger partial charge on any atom is -0.459 e. The molecule has 0 saturated carbocycles. The van der Waals surface area contributed by atoms with E-state index in [-0.39, 0.29) is 11.9 Å². The van der Waals surface area contributed by atoms with Crippen LogP contribution in [0.2, 0.25) is 0 Å². The predicted molar refractivity (Wildman–Crippen MR) is 97.8 cm³/mol. The van der Waals surface area contributed by atoms with Gasteiger partial charge in [-0.2, -0.15) is 5.10 Å². The van der Waals surface area contributed by atoms with E-state index in [1.807, 2.05) is 25.4 Å². The van der Waals surface area contributed by atoms with E-state index in [0.29, 0.717) is 5.76 Å². The highest BCUT2D eigenvalue weighted by molar-refractivity contribution is 5.98. The van der Waals surface area contributed by atoms with Crippen LogP contribution in [0.5, 0.6) is 0 Å². The summed E-state index contributed by atoms with van der Waals surface area (Å²) in [6.45, 7) is 1.81. The van der Waals surface area contributed by atoms with Crippen LogP contribution in [0.25, 0.3) is 11.1 Å². The summed E-state index contributed by atoms with van der Waals surface area (Å²) in [6.07, 6.45) is 10.6. The first-order valence-electron chi connectivity index (χ1n) is 8.73. The maximum Gasteiger partial charge on any atom is 0.287 e. The van der Waals surface area contributed by atoms with E-state index in [2.05, 4.69) is 20.3 Å². The largest absolute Gasteiger partial charge is 0.459 e. The van der Waals surface area contributed by atoms with Gasteiger partial charge in [-0.25, -0.2) is 0 Å². The SMILES string of the molecule is Cn1cc(-c2ccoc2C(=O)NC2CCN(c3ccncc3)CC2)cn1. The molecule has 0 spiro atoms. The quantitative estimate of drug-likeness (QED) is 0.781. The third-order valence-corrected chi connectivity index (χ3v) is 4.75. The second-order valence-electron chi connectivity index (χ2n) is 6.51. The predicted octanol–water partition coefficient (Wildman–Crippen LogP) is 2.47. The summed E-state index contributed by atoms with van der Waals surface area (Å²) in [7, 11) is 1.85. The lowest BCUT2D eigenvalue weighted by molar-refractivity contribution is 0.0904. The zero-order valence-electron chi connectivity index (χ0n) is 14.6. The molecule has 7 heteroatoms. The van der Waals surface area contributed by atoms with Crippen LogP contribution >= 0.6 is 0 Å². The van der Waals surface area contributed by atoms with E-state index in [1.54, 1.807) is 35.6 Å². The lowest BCUT2D eigenvalue weighted by Crippen LogP contribution is -2.44. The van der Waals surface area contributed by atoms with Gasteiger partial charge in [0.1, 0.15) is 0 Å². The van der Waals surface area contributed by atoms with Crippen LogP contribution in [0.1, 0.15) is 23.4 Å². The summed E-state index contributed by atoms with van der Waals surface area (Å²) in [4.78, 5) is 19.0. The summed E-state index contributed by atoms with van der Waals surface area (Å²) >= 11 is 0. The molecule has 1 fully saturated rings. The topological polar surface area (TPSA) is 76.2 Å². The van der Waals surface area contributed by atoms with Crippen LogP contribution < -0.4 is 10.2 Å². The van der Waals surface area contributed by atoms with Crippen molar-refractivity contribution in [2.24, 2.45) is 7.05 Å². The Morgan fingerprint density at radius 2 is 2.00 bits per heavy atom. The van der Waals surface area contributed by atoms with E-state index in [4.69, 9.17) is 4.42 Å². The van der Waals surface area contributed by atoms with Gasteiger partial charge in [0.25, 0.3) is 5.91 Å². The Morgan fingerprint density at radius 3 is 2.69 bits per heavy atom. The molecule has 134 valence electrons. The summed E-state index contributed by atoms with van der Waals surface area (Å²) in [5.41, 5.74) is 2.82. The van der Waals surface area contributed by atoms with Crippen molar-refractivity contribution in [1.29, 1.82) is 0 Å². The first-order chi connectivity index (χ1) is 12.7. The van der Waals surface area contributed by atoms with Crippen molar-refractivity contribution in [1.82, 2.24) is 20.1 Å². The molecule has 26 heavy (non-hydrogen) atoms. The third kappa shape index (κ3) is 3.33. The van der Waals surface area contributed by atoms with Gasteiger partial charge in [-0.3, -0.25) is 14.5 Å². The minimum atomic E-state index is -0.170. The molecule has 1 aliphatic rings. The smallest absolute Gasteiger partial charge is 0.287 e. The van der Waals surface area contributed by atoms with Crippen molar-refractivity contribution in [3.8, 4) is 11.1 Å². The average molecular weight is 351 g/mol. The molecule has 0 aromatic carbocycles. The number of aryl methyl sites for hydroxylation is 1. The molecule has 1 saturated heterocycles. The zero-order chi connectivity index (χ0) is 17.9. The summed E-state index contributed by atoms with van der Waals surface area (Å²) in [5.74, 6) is 0.172. The van der Waals surface area contributed by atoms with Crippen molar-refractivity contribution in [2.75, 3.05) is 18.0 Å². The van der Waals surface area contributed by atoms with Crippen molar-refractivity contribution in [2.45, 2.75) is 18.9 Å². The molecule has 7 nitrogen and oxygen atoms in total. The summed E-state index contributed by atoms with van der Waals surface area (Å²) in [6, 6.07) is 5.98. The normalized spacial score (nSPS) is 15.2. The number of anilines is 1. The van der Waals surface area contributed by atoms with Crippen molar-refractivity contribution < 1.29 is 9.21 Å². The molecule has 1 N–H and O–H groups in total. The molecule has 0 atom stereocenters. The molecule has 0 bridgehead atoms. The molecule has 1 aliphatic heterocycles. The molecule has 3 aromatic heterocycles. The number of piperidine rings is 1. The van der Waals surface area contributed by atoms with Crippen LogP contribution in [0.4, 0.5) is 5.69 Å². The Bertz CT molecular complexity index is 878. The van der Waals surface area contributed by atoms with E-state index < -0.39 is 0 Å². The first-order valence-corrected chi connectivity index (χ1v) is 8.73. The third-order valence-electron chi connectivity index (χ3n) is 4.75. The van der Waals surface area contributed by atoms with Crippen LogP contribution in [0.15, 0.2) is 53.7 Å². The van der Waals surface area contributed by atoms with Gasteiger partial charge in [0.2, 0.25) is 0 Å². The van der Waals surface area contributed by atoms with Gasteiger partial charge in [-0.05, 0) is 31.0 Å². The maximum atomic E-state index is 12.7. The summed E-state index contributed by atoms with van der Waals surface area (Å²) in [5, 5.41) is 7.27. The Kier molecular flexibility index (Phi) is 4.43. The molecule has 0 unspecified atom stereocenters. The molecule has 4 rings (SSSR count).